The van der Waals surface area contributed by atoms with Crippen molar-refractivity contribution in [1.29, 1.82) is 0 Å². The van der Waals surface area contributed by atoms with E-state index in [-0.39, 0.29) is 17.5 Å². The molecular weight excluding hydrogens is 392 g/mol. The number of hydrogen-bond donors (Lipinski definition) is 0. The minimum atomic E-state index is -3.41. The number of nitrogens with zero attached hydrogens (tertiary/aromatic N) is 2. The van der Waals surface area contributed by atoms with Crippen LogP contribution in [-0.2, 0) is 26.0 Å². The van der Waals surface area contributed by atoms with Gasteiger partial charge in [-0.2, -0.15) is 0 Å². The molecule has 154 valence electrons. The zero-order valence-corrected chi connectivity index (χ0v) is 17.6. The Balaban J connectivity index is 1.89. The van der Waals surface area contributed by atoms with Gasteiger partial charge in [0.1, 0.15) is 0 Å². The van der Waals surface area contributed by atoms with Gasteiger partial charge in [0.15, 0.2) is 0 Å². The molecule has 2 aromatic rings. The first-order chi connectivity index (χ1) is 13.6. The molecule has 7 nitrogen and oxygen atoms in total. The zero-order valence-electron chi connectivity index (χ0n) is 16.8. The van der Waals surface area contributed by atoms with Crippen molar-refractivity contribution in [3.63, 3.8) is 0 Å². The third-order valence-corrected chi connectivity index (χ3v) is 6.09. The average Bonchev–Trinajstić information content (AvgIpc) is 3.01. The normalized spacial score (nSPS) is 16.8. The number of sulfonamides is 1. The smallest absolute Gasteiger partial charge is 0.339 e. The summed E-state index contributed by atoms with van der Waals surface area (Å²) in [6, 6.07) is 13.4. The fourth-order valence-corrected chi connectivity index (χ4v) is 4.80. The van der Waals surface area contributed by atoms with Gasteiger partial charge in [-0.25, -0.2) is 13.2 Å². The van der Waals surface area contributed by atoms with Crippen molar-refractivity contribution in [3.05, 3.63) is 65.2 Å². The van der Waals surface area contributed by atoms with E-state index in [1.54, 1.807) is 50.5 Å². The Morgan fingerprint density at radius 2 is 1.79 bits per heavy atom. The van der Waals surface area contributed by atoms with Gasteiger partial charge in [-0.3, -0.25) is 9.10 Å². The fourth-order valence-electron chi connectivity index (χ4n) is 3.53. The van der Waals surface area contributed by atoms with E-state index in [1.807, 2.05) is 13.0 Å². The van der Waals surface area contributed by atoms with Gasteiger partial charge in [-0.05, 0) is 37.1 Å². The van der Waals surface area contributed by atoms with E-state index in [0.29, 0.717) is 17.7 Å². The van der Waals surface area contributed by atoms with Crippen molar-refractivity contribution in [2.24, 2.45) is 0 Å². The number of likely N-dealkylation sites (N-methyl/N-ethyl adjacent to an activating group) is 1. The molecule has 1 amide bonds. The number of esters is 1. The molecule has 0 N–H and O–H groups in total. The Morgan fingerprint density at radius 3 is 2.38 bits per heavy atom. The molecule has 0 radical (unpaired) electrons. The van der Waals surface area contributed by atoms with E-state index in [9.17, 15) is 18.0 Å². The van der Waals surface area contributed by atoms with Crippen molar-refractivity contribution >= 4 is 27.6 Å². The summed E-state index contributed by atoms with van der Waals surface area (Å²) in [6.07, 6.45) is 0.610. The second kappa shape index (κ2) is 7.87. The highest BCUT2D eigenvalue weighted by atomic mass is 32.2. The molecule has 0 fully saturated rings. The van der Waals surface area contributed by atoms with Crippen molar-refractivity contribution in [2.75, 3.05) is 24.7 Å². The summed E-state index contributed by atoms with van der Waals surface area (Å²) in [7, 11) is -0.207. The molecule has 1 heterocycles. The van der Waals surface area contributed by atoms with Gasteiger partial charge in [-0.15, -0.1) is 0 Å². The molecule has 2 atom stereocenters. The number of fused-ring (bicyclic) bond motifs is 1. The molecule has 1 aliphatic heterocycles. The van der Waals surface area contributed by atoms with Crippen LogP contribution >= 0.6 is 0 Å². The molecule has 0 aliphatic carbocycles. The zero-order chi connectivity index (χ0) is 21.3. The minimum absolute atomic E-state index is 0.223. The van der Waals surface area contributed by atoms with Gasteiger partial charge in [0.2, 0.25) is 16.1 Å². The third kappa shape index (κ3) is 4.27. The van der Waals surface area contributed by atoms with Crippen molar-refractivity contribution in [1.82, 2.24) is 4.90 Å². The van der Waals surface area contributed by atoms with Crippen LogP contribution in [0, 0.1) is 0 Å². The molecule has 2 unspecified atom stereocenters. The van der Waals surface area contributed by atoms with Crippen LogP contribution in [0.3, 0.4) is 0 Å². The van der Waals surface area contributed by atoms with Gasteiger partial charge in [0.05, 0.1) is 17.5 Å². The predicted octanol–water partition coefficient (Wildman–Crippen LogP) is 2.38. The van der Waals surface area contributed by atoms with E-state index < -0.39 is 22.1 Å². The second-order valence-corrected chi connectivity index (χ2v) is 9.24. The van der Waals surface area contributed by atoms with Crippen molar-refractivity contribution in [2.45, 2.75) is 25.5 Å². The van der Waals surface area contributed by atoms with Gasteiger partial charge in [0, 0.05) is 25.7 Å². The fraction of sp³-hybridized carbons (Fsp3) is 0.333. The summed E-state index contributed by atoms with van der Waals surface area (Å²) in [4.78, 5) is 26.7. The maximum Gasteiger partial charge on any atom is 0.339 e. The number of carbonyl (C=O) groups is 2. The predicted molar refractivity (Wildman–Crippen MR) is 110 cm³/mol. The van der Waals surface area contributed by atoms with Crippen molar-refractivity contribution < 1.29 is 22.7 Å². The minimum Gasteiger partial charge on any atom is -0.444 e. The molecule has 0 saturated heterocycles. The number of ether oxygens (including phenoxy) is 1. The van der Waals surface area contributed by atoms with Crippen molar-refractivity contribution in [3.8, 4) is 0 Å². The van der Waals surface area contributed by atoms with E-state index in [0.717, 1.165) is 11.8 Å². The monoisotopic (exact) mass is 416 g/mol. The lowest BCUT2D eigenvalue weighted by molar-refractivity contribution is -0.138. The number of anilines is 1. The molecule has 0 aromatic heterocycles. The van der Waals surface area contributed by atoms with Gasteiger partial charge in [-0.1, -0.05) is 30.3 Å². The van der Waals surface area contributed by atoms with Gasteiger partial charge < -0.3 is 9.64 Å². The van der Waals surface area contributed by atoms with E-state index in [4.69, 9.17) is 4.74 Å². The molecule has 3 rings (SSSR count). The number of carbonyl (C=O) groups excluding carboxylic acids is 2. The quantitative estimate of drug-likeness (QED) is 0.699. The standard InChI is InChI=1S/C21H24N2O5S/c1-14-12-17-13-16(10-11-18(17)23(14)29(4,26)27)21(25)28-19(20(24)22(2)3)15-8-6-5-7-9-15/h5-11,13-14,19H,12H2,1-4H3. The molecule has 1 aliphatic rings. The lowest BCUT2D eigenvalue weighted by Gasteiger charge is -2.22. The summed E-state index contributed by atoms with van der Waals surface area (Å²) in [5.74, 6) is -0.982. The van der Waals surface area contributed by atoms with E-state index >= 15 is 0 Å². The number of rotatable bonds is 5. The van der Waals surface area contributed by atoms with Crippen LogP contribution in [0.4, 0.5) is 5.69 Å². The lowest BCUT2D eigenvalue weighted by Crippen LogP contribution is -2.34. The van der Waals surface area contributed by atoms with Crippen LogP contribution in [0.1, 0.15) is 34.5 Å². The van der Waals surface area contributed by atoms with Crippen LogP contribution in [-0.4, -0.2) is 51.6 Å². The number of benzene rings is 2. The Morgan fingerprint density at radius 1 is 1.14 bits per heavy atom. The number of hydrogen-bond acceptors (Lipinski definition) is 5. The first-order valence-corrected chi connectivity index (χ1v) is 11.0. The highest BCUT2D eigenvalue weighted by molar-refractivity contribution is 7.92. The lowest BCUT2D eigenvalue weighted by atomic mass is 10.1. The molecule has 0 spiro atoms. The van der Waals surface area contributed by atoms with E-state index in [2.05, 4.69) is 0 Å². The maximum absolute atomic E-state index is 12.8. The summed E-state index contributed by atoms with van der Waals surface area (Å²) >= 11 is 0. The molecule has 8 heteroatoms. The first kappa shape index (κ1) is 20.9. The van der Waals surface area contributed by atoms with Crippen LogP contribution in [0.5, 0.6) is 0 Å². The topological polar surface area (TPSA) is 84.0 Å². The summed E-state index contributed by atoms with van der Waals surface area (Å²) in [6.45, 7) is 1.82. The molecule has 29 heavy (non-hydrogen) atoms. The van der Waals surface area contributed by atoms with Crippen LogP contribution in [0.25, 0.3) is 0 Å². The largest absolute Gasteiger partial charge is 0.444 e. The van der Waals surface area contributed by atoms with Gasteiger partial charge >= 0.3 is 5.97 Å². The average molecular weight is 416 g/mol. The highest BCUT2D eigenvalue weighted by Crippen LogP contribution is 2.35. The van der Waals surface area contributed by atoms with E-state index in [1.165, 1.54) is 15.3 Å². The Hall–Kier alpha value is -2.87. The number of amides is 1. The Labute approximate surface area is 170 Å². The molecule has 0 bridgehead atoms. The van der Waals surface area contributed by atoms with Crippen LogP contribution < -0.4 is 4.31 Å². The van der Waals surface area contributed by atoms with Crippen LogP contribution in [0.15, 0.2) is 48.5 Å². The molecule has 0 saturated carbocycles. The molecule has 2 aromatic carbocycles. The maximum atomic E-state index is 12.8. The first-order valence-electron chi connectivity index (χ1n) is 9.19. The van der Waals surface area contributed by atoms with Crippen LogP contribution in [0.2, 0.25) is 0 Å². The Kier molecular flexibility index (Phi) is 5.66. The van der Waals surface area contributed by atoms with Gasteiger partial charge in [0.25, 0.3) is 5.91 Å². The summed E-state index contributed by atoms with van der Waals surface area (Å²) in [5, 5.41) is 0. The summed E-state index contributed by atoms with van der Waals surface area (Å²) in [5.41, 5.74) is 2.18. The Bertz CT molecular complexity index is 1030. The molecular formula is C21H24N2O5S. The third-order valence-electron chi connectivity index (χ3n) is 4.82. The highest BCUT2D eigenvalue weighted by Gasteiger charge is 2.33. The summed E-state index contributed by atoms with van der Waals surface area (Å²) < 4.78 is 31.0. The second-order valence-electron chi connectivity index (χ2n) is 7.38. The SMILES string of the molecule is CC1Cc2cc(C(=O)OC(C(=O)N(C)C)c3ccccc3)ccc2N1S(C)(=O)=O.